The van der Waals surface area contributed by atoms with Crippen LogP contribution in [0.1, 0.15) is 12.6 Å². The van der Waals surface area contributed by atoms with Crippen molar-refractivity contribution in [2.75, 3.05) is 18.5 Å². The van der Waals surface area contributed by atoms with E-state index in [0.29, 0.717) is 17.5 Å². The van der Waals surface area contributed by atoms with Crippen molar-refractivity contribution in [1.29, 1.82) is 5.26 Å². The van der Waals surface area contributed by atoms with Crippen LogP contribution in [0, 0.1) is 11.3 Å². The summed E-state index contributed by atoms with van der Waals surface area (Å²) in [7, 11) is 1.88. The molecule has 6 heteroatoms. The number of aromatic amines is 1. The van der Waals surface area contributed by atoms with Crippen LogP contribution in [-0.2, 0) is 0 Å². The Morgan fingerprint density at radius 1 is 1.62 bits per heavy atom. The number of H-pyrrole nitrogens is 1. The standard InChI is InChI=1S/C10H11N5O/c1-3-15(2)10-13-9(16-14-10)7-4-8(5-11)12-6-7/h4,6,12H,3H2,1-2H3. The minimum Gasteiger partial charge on any atom is -0.352 e. The maximum atomic E-state index is 8.67. The number of nitrogens with zero attached hydrogens (tertiary/aromatic N) is 4. The minimum atomic E-state index is 0.410. The van der Waals surface area contributed by atoms with Crippen LogP contribution < -0.4 is 4.90 Å². The normalized spacial score (nSPS) is 10.1. The first-order valence-electron chi connectivity index (χ1n) is 4.88. The van der Waals surface area contributed by atoms with Crippen LogP contribution in [0.3, 0.4) is 0 Å². The van der Waals surface area contributed by atoms with Gasteiger partial charge >= 0.3 is 0 Å². The van der Waals surface area contributed by atoms with Gasteiger partial charge in [-0.2, -0.15) is 10.2 Å². The van der Waals surface area contributed by atoms with E-state index in [-0.39, 0.29) is 0 Å². The summed E-state index contributed by atoms with van der Waals surface area (Å²) < 4.78 is 5.10. The first-order chi connectivity index (χ1) is 7.74. The molecular weight excluding hydrogens is 206 g/mol. The summed E-state index contributed by atoms with van der Waals surface area (Å²) in [5.41, 5.74) is 1.19. The van der Waals surface area contributed by atoms with E-state index in [1.807, 2.05) is 24.9 Å². The van der Waals surface area contributed by atoms with E-state index in [0.717, 1.165) is 12.1 Å². The first-order valence-corrected chi connectivity index (χ1v) is 4.88. The molecule has 1 N–H and O–H groups in total. The van der Waals surface area contributed by atoms with Gasteiger partial charge in [-0.15, -0.1) is 0 Å². The van der Waals surface area contributed by atoms with Gasteiger partial charge in [-0.1, -0.05) is 0 Å². The van der Waals surface area contributed by atoms with E-state index < -0.39 is 0 Å². The molecule has 0 fully saturated rings. The van der Waals surface area contributed by atoms with E-state index in [2.05, 4.69) is 15.1 Å². The van der Waals surface area contributed by atoms with Gasteiger partial charge in [0.05, 0.1) is 5.56 Å². The molecule has 0 amide bonds. The molecule has 2 rings (SSSR count). The Kier molecular flexibility index (Phi) is 2.60. The van der Waals surface area contributed by atoms with Crippen molar-refractivity contribution in [1.82, 2.24) is 15.1 Å². The van der Waals surface area contributed by atoms with Crippen molar-refractivity contribution < 1.29 is 4.52 Å². The molecule has 2 aromatic rings. The number of nitriles is 1. The van der Waals surface area contributed by atoms with Crippen LogP contribution >= 0.6 is 0 Å². The highest BCUT2D eigenvalue weighted by Gasteiger charge is 2.12. The molecule has 0 spiro atoms. The summed E-state index contributed by atoms with van der Waals surface area (Å²) in [5.74, 6) is 0.949. The molecule has 0 aromatic carbocycles. The lowest BCUT2D eigenvalue weighted by molar-refractivity contribution is 0.430. The Bertz CT molecular complexity index is 521. The average Bonchev–Trinajstić information content (AvgIpc) is 2.95. The Morgan fingerprint density at radius 3 is 3.06 bits per heavy atom. The lowest BCUT2D eigenvalue weighted by atomic mass is 10.3. The third kappa shape index (κ3) is 1.75. The molecule has 6 nitrogen and oxygen atoms in total. The van der Waals surface area contributed by atoms with Gasteiger partial charge in [-0.3, -0.25) is 0 Å². The van der Waals surface area contributed by atoms with Crippen LogP contribution in [-0.4, -0.2) is 28.7 Å². The number of aromatic nitrogens is 3. The fraction of sp³-hybridized carbons (Fsp3) is 0.300. The molecule has 0 saturated heterocycles. The van der Waals surface area contributed by atoms with E-state index in [1.165, 1.54) is 0 Å². The second kappa shape index (κ2) is 4.06. The fourth-order valence-corrected chi connectivity index (χ4v) is 1.21. The van der Waals surface area contributed by atoms with E-state index in [9.17, 15) is 0 Å². The van der Waals surface area contributed by atoms with E-state index in [4.69, 9.17) is 9.78 Å². The zero-order valence-electron chi connectivity index (χ0n) is 9.06. The van der Waals surface area contributed by atoms with Gasteiger partial charge in [-0.25, -0.2) is 0 Å². The molecule has 0 aliphatic carbocycles. The zero-order chi connectivity index (χ0) is 11.5. The molecule has 0 aliphatic rings. The van der Waals surface area contributed by atoms with Gasteiger partial charge in [0.25, 0.3) is 11.8 Å². The predicted octanol–water partition coefficient (Wildman–Crippen LogP) is 1.39. The van der Waals surface area contributed by atoms with Crippen molar-refractivity contribution in [2.24, 2.45) is 0 Å². The lowest BCUT2D eigenvalue weighted by Crippen LogP contribution is -2.16. The van der Waals surface area contributed by atoms with Crippen molar-refractivity contribution in [3.05, 3.63) is 18.0 Å². The lowest BCUT2D eigenvalue weighted by Gasteiger charge is -2.08. The van der Waals surface area contributed by atoms with Crippen LogP contribution in [0.25, 0.3) is 11.5 Å². The largest absolute Gasteiger partial charge is 0.352 e. The Balaban J connectivity index is 2.28. The second-order valence-corrected chi connectivity index (χ2v) is 3.33. The SMILES string of the molecule is CCN(C)c1noc(-c2c[nH]c(C#N)c2)n1. The molecule has 0 aliphatic heterocycles. The number of nitrogens with one attached hydrogen (secondary N) is 1. The smallest absolute Gasteiger partial charge is 0.266 e. The number of rotatable bonds is 3. The van der Waals surface area contributed by atoms with Gasteiger partial charge < -0.3 is 14.4 Å². The molecular formula is C10H11N5O. The highest BCUT2D eigenvalue weighted by molar-refractivity contribution is 5.55. The summed E-state index contributed by atoms with van der Waals surface area (Å²) in [6.45, 7) is 2.80. The number of anilines is 1. The van der Waals surface area contributed by atoms with Crippen LogP contribution in [0.2, 0.25) is 0 Å². The Labute approximate surface area is 92.5 Å². The van der Waals surface area contributed by atoms with Crippen LogP contribution in [0.5, 0.6) is 0 Å². The van der Waals surface area contributed by atoms with Gasteiger partial charge in [0.2, 0.25) is 0 Å². The van der Waals surface area contributed by atoms with Gasteiger partial charge in [0, 0.05) is 19.8 Å². The Morgan fingerprint density at radius 2 is 2.44 bits per heavy atom. The van der Waals surface area contributed by atoms with Crippen molar-refractivity contribution >= 4 is 5.95 Å². The van der Waals surface area contributed by atoms with Gasteiger partial charge in [0.15, 0.2) is 0 Å². The summed E-state index contributed by atoms with van der Waals surface area (Å²) in [5, 5.41) is 12.5. The number of hydrogen-bond donors (Lipinski definition) is 1. The summed E-state index contributed by atoms with van der Waals surface area (Å²) in [6.07, 6.45) is 1.67. The average molecular weight is 217 g/mol. The van der Waals surface area contributed by atoms with Crippen molar-refractivity contribution in [2.45, 2.75) is 6.92 Å². The summed E-state index contributed by atoms with van der Waals surface area (Å²) in [4.78, 5) is 8.89. The second-order valence-electron chi connectivity index (χ2n) is 3.33. The third-order valence-electron chi connectivity index (χ3n) is 2.28. The molecule has 0 radical (unpaired) electrons. The van der Waals surface area contributed by atoms with Crippen LogP contribution in [0.4, 0.5) is 5.95 Å². The monoisotopic (exact) mass is 217 g/mol. The minimum absolute atomic E-state index is 0.410. The molecule has 2 aromatic heterocycles. The molecule has 0 atom stereocenters. The Hall–Kier alpha value is -2.29. The third-order valence-corrected chi connectivity index (χ3v) is 2.28. The summed E-state index contributed by atoms with van der Waals surface area (Å²) in [6, 6.07) is 3.67. The topological polar surface area (TPSA) is 81.7 Å². The summed E-state index contributed by atoms with van der Waals surface area (Å²) >= 11 is 0. The number of hydrogen-bond acceptors (Lipinski definition) is 5. The van der Waals surface area contributed by atoms with Gasteiger partial charge in [0.1, 0.15) is 11.8 Å². The molecule has 0 unspecified atom stereocenters. The molecule has 16 heavy (non-hydrogen) atoms. The highest BCUT2D eigenvalue weighted by Crippen LogP contribution is 2.20. The van der Waals surface area contributed by atoms with Crippen molar-refractivity contribution in [3.8, 4) is 17.5 Å². The van der Waals surface area contributed by atoms with Crippen LogP contribution in [0.15, 0.2) is 16.8 Å². The molecule has 0 saturated carbocycles. The molecule has 0 bridgehead atoms. The first kappa shape index (κ1) is 10.2. The maximum absolute atomic E-state index is 8.67. The maximum Gasteiger partial charge on any atom is 0.266 e. The van der Waals surface area contributed by atoms with Gasteiger partial charge in [-0.05, 0) is 18.1 Å². The zero-order valence-corrected chi connectivity index (χ0v) is 9.06. The van der Waals surface area contributed by atoms with E-state index in [1.54, 1.807) is 12.3 Å². The molecule has 82 valence electrons. The van der Waals surface area contributed by atoms with E-state index >= 15 is 0 Å². The van der Waals surface area contributed by atoms with Crippen molar-refractivity contribution in [3.63, 3.8) is 0 Å². The highest BCUT2D eigenvalue weighted by atomic mass is 16.5. The fourth-order valence-electron chi connectivity index (χ4n) is 1.21. The molecule has 2 heterocycles. The quantitative estimate of drug-likeness (QED) is 0.840. The predicted molar refractivity (Wildman–Crippen MR) is 57.7 cm³/mol.